The maximum Gasteiger partial charge on any atom is 0.0399 e. The second kappa shape index (κ2) is 7.16. The second-order valence-electron chi connectivity index (χ2n) is 7.20. The molecular weight excluding hydrogens is 328 g/mol. The predicted molar refractivity (Wildman–Crippen MR) is 117 cm³/mol. The zero-order valence-corrected chi connectivity index (χ0v) is 15.5. The van der Waals surface area contributed by atoms with Crippen LogP contribution in [0.1, 0.15) is 18.9 Å². The van der Waals surface area contributed by atoms with Gasteiger partial charge in [-0.3, -0.25) is 0 Å². The van der Waals surface area contributed by atoms with Crippen molar-refractivity contribution in [2.45, 2.75) is 13.3 Å². The number of para-hydroxylation sites is 1. The van der Waals surface area contributed by atoms with Crippen LogP contribution < -0.4 is 11.5 Å². The molecule has 27 heavy (non-hydrogen) atoms. The highest BCUT2D eigenvalue weighted by Crippen LogP contribution is 2.33. The number of rotatable bonds is 3. The Labute approximate surface area is 160 Å². The van der Waals surface area contributed by atoms with Crippen LogP contribution in [0.4, 0.5) is 11.4 Å². The van der Waals surface area contributed by atoms with Crippen molar-refractivity contribution in [2.75, 3.05) is 11.5 Å². The molecule has 0 aromatic heterocycles. The molecule has 0 radical (unpaired) electrons. The molecule has 0 spiro atoms. The summed E-state index contributed by atoms with van der Waals surface area (Å²) in [4.78, 5) is 0. The van der Waals surface area contributed by atoms with Gasteiger partial charge in [-0.05, 0) is 46.7 Å². The summed E-state index contributed by atoms with van der Waals surface area (Å²) < 4.78 is 0. The molecule has 0 saturated heterocycles. The fourth-order valence-corrected chi connectivity index (χ4v) is 3.63. The van der Waals surface area contributed by atoms with Crippen molar-refractivity contribution >= 4 is 16.9 Å². The maximum absolute atomic E-state index is 6.40. The Morgan fingerprint density at radius 1 is 0.741 bits per heavy atom. The molecule has 1 unspecified atom stereocenters. The summed E-state index contributed by atoms with van der Waals surface area (Å²) in [6, 6.07) is 22.7. The molecule has 2 nitrogen and oxygen atoms in total. The first-order valence-electron chi connectivity index (χ1n) is 9.35. The number of hydrogen-bond donors (Lipinski definition) is 2. The fourth-order valence-electron chi connectivity index (χ4n) is 3.63. The van der Waals surface area contributed by atoms with E-state index in [-0.39, 0.29) is 0 Å². The third-order valence-electron chi connectivity index (χ3n) is 5.12. The normalized spacial score (nSPS) is 16.2. The lowest BCUT2D eigenvalue weighted by Crippen LogP contribution is -1.97. The Morgan fingerprint density at radius 3 is 2.00 bits per heavy atom. The van der Waals surface area contributed by atoms with Gasteiger partial charge in [0.15, 0.2) is 0 Å². The molecule has 0 saturated carbocycles. The van der Waals surface area contributed by atoms with Gasteiger partial charge in [0, 0.05) is 22.5 Å². The summed E-state index contributed by atoms with van der Waals surface area (Å²) in [6.45, 7) is 2.24. The van der Waals surface area contributed by atoms with E-state index < -0.39 is 0 Å². The molecule has 1 aliphatic carbocycles. The molecule has 2 heteroatoms. The third kappa shape index (κ3) is 3.52. The van der Waals surface area contributed by atoms with Gasteiger partial charge in [-0.2, -0.15) is 0 Å². The van der Waals surface area contributed by atoms with E-state index in [1.807, 2.05) is 24.3 Å². The molecule has 0 aliphatic heterocycles. The number of hydrogen-bond acceptors (Lipinski definition) is 2. The van der Waals surface area contributed by atoms with Gasteiger partial charge in [0.2, 0.25) is 0 Å². The van der Waals surface area contributed by atoms with Gasteiger partial charge in [-0.1, -0.05) is 79.7 Å². The van der Waals surface area contributed by atoms with Crippen LogP contribution in [0.2, 0.25) is 0 Å². The minimum absolute atomic E-state index is 0.573. The van der Waals surface area contributed by atoms with Crippen LogP contribution in [0.15, 0.2) is 85.0 Å². The van der Waals surface area contributed by atoms with Gasteiger partial charge in [0.25, 0.3) is 0 Å². The second-order valence-corrected chi connectivity index (χ2v) is 7.20. The highest BCUT2D eigenvalue weighted by Gasteiger charge is 2.10. The van der Waals surface area contributed by atoms with E-state index in [2.05, 4.69) is 67.6 Å². The molecule has 134 valence electrons. The first-order chi connectivity index (χ1) is 13.1. The standard InChI is InChI=1S/C25H24N2/c1-17-5-4-6-20(15-17)21-13-14-23(25(27)16-21)19-11-9-18(10-12-19)22-7-2-3-8-24(22)26/h2-4,6-17H,5,26-27H2,1H3. The Morgan fingerprint density at radius 2 is 1.37 bits per heavy atom. The molecule has 0 bridgehead atoms. The van der Waals surface area contributed by atoms with E-state index in [9.17, 15) is 0 Å². The lowest BCUT2D eigenvalue weighted by atomic mass is 9.91. The number of nitrogen functional groups attached to an aromatic ring is 2. The minimum atomic E-state index is 0.573. The van der Waals surface area contributed by atoms with E-state index >= 15 is 0 Å². The predicted octanol–water partition coefficient (Wildman–Crippen LogP) is 6.16. The SMILES string of the molecule is CC1C=C(c2ccc(-c3ccc(-c4ccccc4N)cc3)c(N)c2)C=CC1. The van der Waals surface area contributed by atoms with E-state index in [1.165, 1.54) is 11.1 Å². The Balaban J connectivity index is 1.64. The number of benzene rings is 3. The van der Waals surface area contributed by atoms with E-state index in [0.717, 1.165) is 40.0 Å². The summed E-state index contributed by atoms with van der Waals surface area (Å²) in [5.41, 5.74) is 20.8. The minimum Gasteiger partial charge on any atom is -0.398 e. The zero-order valence-electron chi connectivity index (χ0n) is 15.5. The van der Waals surface area contributed by atoms with Crippen molar-refractivity contribution < 1.29 is 0 Å². The quantitative estimate of drug-likeness (QED) is 0.554. The lowest BCUT2D eigenvalue weighted by molar-refractivity contribution is 0.740. The summed E-state index contributed by atoms with van der Waals surface area (Å²) in [7, 11) is 0. The average Bonchev–Trinajstić information content (AvgIpc) is 2.69. The van der Waals surface area contributed by atoms with Crippen LogP contribution >= 0.6 is 0 Å². The van der Waals surface area contributed by atoms with E-state index in [1.54, 1.807) is 0 Å². The van der Waals surface area contributed by atoms with Crippen LogP contribution in [0, 0.1) is 5.92 Å². The topological polar surface area (TPSA) is 52.0 Å². The van der Waals surface area contributed by atoms with E-state index in [4.69, 9.17) is 11.5 Å². The fraction of sp³-hybridized carbons (Fsp3) is 0.120. The summed E-state index contributed by atoms with van der Waals surface area (Å²) in [5, 5.41) is 0. The molecule has 0 amide bonds. The third-order valence-corrected chi connectivity index (χ3v) is 5.12. The smallest absolute Gasteiger partial charge is 0.0399 e. The largest absolute Gasteiger partial charge is 0.398 e. The number of anilines is 2. The summed E-state index contributed by atoms with van der Waals surface area (Å²) >= 11 is 0. The van der Waals surface area contributed by atoms with Gasteiger partial charge in [-0.25, -0.2) is 0 Å². The van der Waals surface area contributed by atoms with Gasteiger partial charge in [-0.15, -0.1) is 0 Å². The summed E-state index contributed by atoms with van der Waals surface area (Å²) in [6.07, 6.45) is 7.84. The van der Waals surface area contributed by atoms with Crippen molar-refractivity contribution in [3.8, 4) is 22.3 Å². The Bertz CT molecular complexity index is 1030. The molecule has 3 aromatic rings. The molecule has 0 heterocycles. The Hall–Kier alpha value is -3.26. The van der Waals surface area contributed by atoms with Gasteiger partial charge in [0.05, 0.1) is 0 Å². The van der Waals surface area contributed by atoms with Gasteiger partial charge >= 0.3 is 0 Å². The molecule has 4 N–H and O–H groups in total. The van der Waals surface area contributed by atoms with Crippen LogP contribution in [-0.2, 0) is 0 Å². The average molecular weight is 352 g/mol. The van der Waals surface area contributed by atoms with Crippen molar-refractivity contribution in [2.24, 2.45) is 5.92 Å². The molecule has 0 fully saturated rings. The molecule has 1 atom stereocenters. The molecule has 3 aromatic carbocycles. The highest BCUT2D eigenvalue weighted by atomic mass is 14.6. The zero-order chi connectivity index (χ0) is 18.8. The van der Waals surface area contributed by atoms with Crippen molar-refractivity contribution in [1.82, 2.24) is 0 Å². The van der Waals surface area contributed by atoms with E-state index in [0.29, 0.717) is 5.92 Å². The Kier molecular flexibility index (Phi) is 4.55. The molecular formula is C25H24N2. The lowest BCUT2D eigenvalue weighted by Gasteiger charge is -2.14. The van der Waals surface area contributed by atoms with Crippen LogP contribution in [0.25, 0.3) is 27.8 Å². The summed E-state index contributed by atoms with van der Waals surface area (Å²) in [5.74, 6) is 0.573. The molecule has 1 aliphatic rings. The van der Waals surface area contributed by atoms with Gasteiger partial charge < -0.3 is 11.5 Å². The maximum atomic E-state index is 6.40. The molecule has 4 rings (SSSR count). The first-order valence-corrected chi connectivity index (χ1v) is 9.35. The van der Waals surface area contributed by atoms with Crippen molar-refractivity contribution in [1.29, 1.82) is 0 Å². The highest BCUT2D eigenvalue weighted by molar-refractivity contribution is 5.84. The van der Waals surface area contributed by atoms with Crippen LogP contribution in [0.3, 0.4) is 0 Å². The first kappa shape index (κ1) is 17.2. The van der Waals surface area contributed by atoms with Gasteiger partial charge in [0.1, 0.15) is 0 Å². The van der Waals surface area contributed by atoms with Crippen molar-refractivity contribution in [3.63, 3.8) is 0 Å². The number of nitrogens with two attached hydrogens (primary N) is 2. The van der Waals surface area contributed by atoms with Crippen LogP contribution in [0.5, 0.6) is 0 Å². The number of allylic oxidation sites excluding steroid dienone is 4. The monoisotopic (exact) mass is 352 g/mol. The van der Waals surface area contributed by atoms with Crippen molar-refractivity contribution in [3.05, 3.63) is 90.5 Å². The van der Waals surface area contributed by atoms with Crippen LogP contribution in [-0.4, -0.2) is 0 Å².